The van der Waals surface area contributed by atoms with Gasteiger partial charge in [-0.3, -0.25) is 0 Å². The minimum Gasteiger partial charge on any atom is -0.341 e. The molecule has 0 amide bonds. The molecule has 0 saturated carbocycles. The lowest BCUT2D eigenvalue weighted by molar-refractivity contribution is 0.997. The molecule has 0 spiro atoms. The zero-order valence-corrected chi connectivity index (χ0v) is 4.02. The number of nitrogens with zero attached hydrogens (tertiary/aromatic N) is 3. The predicted molar refractivity (Wildman–Crippen MR) is 20.4 cm³/mol. The quantitative estimate of drug-likeness (QED) is 0.487. The molecule has 26 valence electrons. The highest BCUT2D eigenvalue weighted by atomic mass is 31.8. The van der Waals surface area contributed by atoms with Gasteiger partial charge in [0.2, 0.25) is 0 Å². The van der Waals surface area contributed by atoms with Gasteiger partial charge in [0.25, 0.3) is 0 Å². The third-order valence-corrected chi connectivity index (χ3v) is 1.32. The van der Waals surface area contributed by atoms with Crippen molar-refractivity contribution in [3.63, 3.8) is 0 Å². The van der Waals surface area contributed by atoms with Crippen LogP contribution in [0.15, 0.2) is 0 Å². The van der Waals surface area contributed by atoms with Gasteiger partial charge in [0, 0.05) is 0 Å². The van der Waals surface area contributed by atoms with E-state index in [0.717, 1.165) is 16.1 Å². The minimum atomic E-state index is 0.955. The molecule has 0 aromatic carbocycles. The molecule has 0 bridgehead atoms. The number of hydrogen-bond donors (Lipinski definition) is 0. The van der Waals surface area contributed by atoms with Crippen LogP contribution in [-0.2, 0) is 0 Å². The summed E-state index contributed by atoms with van der Waals surface area (Å²) in [4.78, 5) is 7.00. The van der Waals surface area contributed by atoms with Crippen LogP contribution in [0, 0.1) is 0 Å². The molecule has 1 aromatic heterocycles. The Morgan fingerprint density at radius 1 is 1.60 bits per heavy atom. The maximum absolute atomic E-state index is 3.50. The van der Waals surface area contributed by atoms with Crippen molar-refractivity contribution in [1.29, 1.82) is 0 Å². The molecule has 3 nitrogen and oxygen atoms in total. The van der Waals surface area contributed by atoms with Crippen molar-refractivity contribution in [2.24, 2.45) is 0 Å². The fourth-order valence-electron chi connectivity index (χ4n) is 0.0894. The first-order chi connectivity index (χ1) is 2.50. The van der Waals surface area contributed by atoms with E-state index in [2.05, 4.69) is 14.9 Å². The fraction of sp³-hybridized carbons (Fsp3) is 0. The average molecular weight is 104 g/mol. The van der Waals surface area contributed by atoms with E-state index in [4.69, 9.17) is 0 Å². The summed E-state index contributed by atoms with van der Waals surface area (Å²) in [5.74, 6) is 0. The van der Waals surface area contributed by atoms with Gasteiger partial charge in [0.1, 0.15) is 0 Å². The van der Waals surface area contributed by atoms with Crippen molar-refractivity contribution in [2.45, 2.75) is 0 Å². The molecular formula is N3P2-. The molecule has 1 aromatic rings. The second-order valence-corrected chi connectivity index (χ2v) is 2.24. The van der Waals surface area contributed by atoms with Crippen LogP contribution >= 0.6 is 16.1 Å². The lowest BCUT2D eigenvalue weighted by Gasteiger charge is -1.59. The van der Waals surface area contributed by atoms with Crippen molar-refractivity contribution in [3.8, 4) is 0 Å². The lowest BCUT2D eigenvalue weighted by Crippen LogP contribution is -1.58. The first-order valence-corrected chi connectivity index (χ1v) is 3.40. The van der Waals surface area contributed by atoms with Crippen LogP contribution in [0.3, 0.4) is 0 Å². The van der Waals surface area contributed by atoms with E-state index in [0.29, 0.717) is 0 Å². The van der Waals surface area contributed by atoms with Crippen LogP contribution in [0.5, 0.6) is 0 Å². The molecule has 1 heterocycles. The Balaban J connectivity index is 3.13. The van der Waals surface area contributed by atoms with Crippen LogP contribution in [0.4, 0.5) is 0 Å². The van der Waals surface area contributed by atoms with Crippen molar-refractivity contribution >= 4 is 16.1 Å². The smallest absolute Gasteiger partial charge is 0.0782 e. The number of hydrogen-bond acceptors (Lipinski definition) is 3. The standard InChI is InChI=1S/N3P2/c1-2-4-5-3-1/q-1. The summed E-state index contributed by atoms with van der Waals surface area (Å²) in [5.41, 5.74) is 0. The fourth-order valence-corrected chi connectivity index (χ4v) is 0.805. The summed E-state index contributed by atoms with van der Waals surface area (Å²) in [5, 5.41) is 3.31. The normalized spacial score (nSPS) is 11.2. The molecule has 0 aliphatic heterocycles. The number of rotatable bonds is 0. The van der Waals surface area contributed by atoms with E-state index in [1.165, 1.54) is 0 Å². The summed E-state index contributed by atoms with van der Waals surface area (Å²) < 4.78 is 0. The van der Waals surface area contributed by atoms with E-state index < -0.39 is 0 Å². The Labute approximate surface area is 32.0 Å². The highest BCUT2D eigenvalue weighted by Gasteiger charge is 1.44. The van der Waals surface area contributed by atoms with Gasteiger partial charge in [-0.05, 0) is 0 Å². The molecule has 0 saturated heterocycles. The maximum Gasteiger partial charge on any atom is -0.0782 e. The molecule has 1 rings (SSSR count). The monoisotopic (exact) mass is 104 g/mol. The third-order valence-electron chi connectivity index (χ3n) is 0.200. The Morgan fingerprint density at radius 2 is 2.60 bits per heavy atom. The van der Waals surface area contributed by atoms with Gasteiger partial charge >= 0.3 is 0 Å². The van der Waals surface area contributed by atoms with Crippen molar-refractivity contribution < 1.29 is 0 Å². The van der Waals surface area contributed by atoms with E-state index in [1.54, 1.807) is 0 Å². The van der Waals surface area contributed by atoms with Gasteiger partial charge < -0.3 is 12.9 Å². The molecule has 5 heavy (non-hydrogen) atoms. The van der Waals surface area contributed by atoms with Crippen LogP contribution in [-0.4, -0.2) is 14.9 Å². The lowest BCUT2D eigenvalue weighted by atomic mass is 12.8. The van der Waals surface area contributed by atoms with Gasteiger partial charge in [-0.15, -0.1) is 12.9 Å². The number of aromatic nitrogens is 3. The third kappa shape index (κ3) is 0.640. The van der Waals surface area contributed by atoms with E-state index >= 15 is 0 Å². The summed E-state index contributed by atoms with van der Waals surface area (Å²) in [7, 11) is 1.91. The minimum absolute atomic E-state index is 0.955. The topological polar surface area (TPSA) is 38.7 Å². The van der Waals surface area contributed by atoms with E-state index in [9.17, 15) is 0 Å². The molecular weight excluding hydrogens is 104 g/mol. The van der Waals surface area contributed by atoms with Gasteiger partial charge in [-0.25, -0.2) is 0 Å². The first kappa shape index (κ1) is 3.20. The second-order valence-electron chi connectivity index (χ2n) is 0.447. The van der Waals surface area contributed by atoms with Gasteiger partial charge in [-0.1, -0.05) is 5.21 Å². The Bertz CT molecular complexity index is 61.4. The van der Waals surface area contributed by atoms with Crippen LogP contribution in [0.2, 0.25) is 0 Å². The molecule has 0 aliphatic rings. The second kappa shape index (κ2) is 1.44. The average Bonchev–Trinajstić information content (AvgIpc) is 1.76. The summed E-state index contributed by atoms with van der Waals surface area (Å²) in [6.45, 7) is 0. The molecule has 0 radical (unpaired) electrons. The summed E-state index contributed by atoms with van der Waals surface area (Å²) in [6.07, 6.45) is 0. The van der Waals surface area contributed by atoms with Crippen molar-refractivity contribution in [2.75, 3.05) is 0 Å². The van der Waals surface area contributed by atoms with E-state index in [1.807, 2.05) is 0 Å². The van der Waals surface area contributed by atoms with E-state index in [-0.39, 0.29) is 0 Å². The van der Waals surface area contributed by atoms with Crippen LogP contribution < -0.4 is 0 Å². The van der Waals surface area contributed by atoms with Crippen molar-refractivity contribution in [3.05, 3.63) is 0 Å². The highest BCUT2D eigenvalue weighted by molar-refractivity contribution is 7.86. The first-order valence-electron chi connectivity index (χ1n) is 1.000. The van der Waals surface area contributed by atoms with Crippen LogP contribution in [0.1, 0.15) is 0 Å². The molecule has 0 aliphatic carbocycles. The van der Waals surface area contributed by atoms with Crippen molar-refractivity contribution in [1.82, 2.24) is 14.9 Å². The molecule has 0 unspecified atom stereocenters. The molecule has 5 heteroatoms. The molecule has 0 fully saturated rings. The van der Waals surface area contributed by atoms with Gasteiger partial charge in [-0.2, -0.15) is 0 Å². The van der Waals surface area contributed by atoms with Gasteiger partial charge in [0.15, 0.2) is 0 Å². The molecule has 0 N–H and O–H groups in total. The summed E-state index contributed by atoms with van der Waals surface area (Å²) in [6, 6.07) is 0. The Kier molecular flexibility index (Phi) is 0.922. The highest BCUT2D eigenvalue weighted by Crippen LogP contribution is 2.05. The zero-order chi connectivity index (χ0) is 3.54. The SMILES string of the molecule is n1np[p-]n1. The Hall–Kier alpha value is -0.0000000000000000555. The van der Waals surface area contributed by atoms with Crippen LogP contribution in [0.25, 0.3) is 0 Å². The Morgan fingerprint density at radius 3 is 2.80 bits per heavy atom. The zero-order valence-electron chi connectivity index (χ0n) is 2.24. The largest absolute Gasteiger partial charge is 0.341 e. The predicted octanol–water partition coefficient (Wildman–Crippen LogP) is 0.751. The summed E-state index contributed by atoms with van der Waals surface area (Å²) >= 11 is 0. The maximum atomic E-state index is 3.50. The molecule has 0 atom stereocenters. The van der Waals surface area contributed by atoms with Gasteiger partial charge in [0.05, 0.1) is 0 Å².